The molecule has 1 unspecified atom stereocenters. The Bertz CT molecular complexity index is 1480. The van der Waals surface area contributed by atoms with Crippen LogP contribution in [0.15, 0.2) is 66.0 Å². The van der Waals surface area contributed by atoms with Crippen molar-refractivity contribution >= 4 is 33.3 Å². The van der Waals surface area contributed by atoms with Crippen molar-refractivity contribution in [1.29, 1.82) is 0 Å². The Kier molecular flexibility index (Phi) is 7.24. The van der Waals surface area contributed by atoms with E-state index in [1.165, 1.54) is 0 Å². The molecule has 0 radical (unpaired) electrons. The number of pyridine rings is 1. The van der Waals surface area contributed by atoms with Crippen molar-refractivity contribution in [3.8, 4) is 11.5 Å². The zero-order valence-corrected chi connectivity index (χ0v) is 23.3. The minimum Gasteiger partial charge on any atom is -0.456 e. The Labute approximate surface area is 220 Å². The highest BCUT2D eigenvalue weighted by Gasteiger charge is 2.22. The predicted octanol–water partition coefficient (Wildman–Crippen LogP) is 6.37. The molecule has 37 heavy (non-hydrogen) atoms. The standard InChI is InChI=1S/C29H34N4O3S/c1-19-14-20(15-27(34)32-21-17-31-33(18-21)28(2,3)4)8-11-25(19)36-26-12-13-30-24-10-9-22(16-23(24)26)37(35)29(5,6)7/h8-14,16-18H,15H2,1-7H3,(H,32,34). The molecule has 2 heterocycles. The second kappa shape index (κ2) is 10.1. The summed E-state index contributed by atoms with van der Waals surface area (Å²) >= 11 is 0. The third-order valence-electron chi connectivity index (χ3n) is 5.82. The van der Waals surface area contributed by atoms with Gasteiger partial charge >= 0.3 is 0 Å². The van der Waals surface area contributed by atoms with E-state index in [4.69, 9.17) is 4.74 Å². The van der Waals surface area contributed by atoms with E-state index in [-0.39, 0.29) is 22.6 Å². The third kappa shape index (κ3) is 6.25. The minimum atomic E-state index is -1.17. The van der Waals surface area contributed by atoms with E-state index >= 15 is 0 Å². The Morgan fingerprint density at radius 1 is 1.03 bits per heavy atom. The number of fused-ring (bicyclic) bond motifs is 1. The number of carbonyl (C=O) groups excluding carboxylic acids is 1. The fourth-order valence-corrected chi connectivity index (χ4v) is 4.98. The van der Waals surface area contributed by atoms with E-state index in [9.17, 15) is 9.00 Å². The number of nitrogens with one attached hydrogen (secondary N) is 1. The Hall–Kier alpha value is -3.52. The lowest BCUT2D eigenvalue weighted by atomic mass is 10.1. The van der Waals surface area contributed by atoms with Crippen molar-refractivity contribution in [2.75, 3.05) is 5.32 Å². The number of anilines is 1. The summed E-state index contributed by atoms with van der Waals surface area (Å²) in [5.41, 5.74) is 3.08. The quantitative estimate of drug-likeness (QED) is 0.320. The first kappa shape index (κ1) is 26.5. The second-order valence-corrected chi connectivity index (χ2v) is 13.4. The van der Waals surface area contributed by atoms with Crippen molar-refractivity contribution in [1.82, 2.24) is 14.8 Å². The maximum Gasteiger partial charge on any atom is 0.228 e. The molecule has 0 aliphatic heterocycles. The van der Waals surface area contributed by atoms with Crippen molar-refractivity contribution in [3.05, 3.63) is 72.2 Å². The summed E-state index contributed by atoms with van der Waals surface area (Å²) in [5, 5.41) is 8.04. The SMILES string of the molecule is Cc1cc(CC(=O)Nc2cnn(C(C)(C)C)c2)ccc1Oc1ccnc2ccc(S(=O)C(C)(C)C)cc12. The van der Waals surface area contributed by atoms with E-state index in [1.54, 1.807) is 12.4 Å². The van der Waals surface area contributed by atoms with Crippen LogP contribution in [0.3, 0.4) is 0 Å². The molecule has 4 aromatic rings. The van der Waals surface area contributed by atoms with Gasteiger partial charge in [-0.25, -0.2) is 0 Å². The lowest BCUT2D eigenvalue weighted by Gasteiger charge is -2.18. The van der Waals surface area contributed by atoms with E-state index in [2.05, 4.69) is 36.2 Å². The van der Waals surface area contributed by atoms with Gasteiger partial charge in [0.1, 0.15) is 11.5 Å². The summed E-state index contributed by atoms with van der Waals surface area (Å²) in [6, 6.07) is 13.2. The van der Waals surface area contributed by atoms with Crippen LogP contribution in [0.4, 0.5) is 5.69 Å². The molecule has 0 saturated carbocycles. The van der Waals surface area contributed by atoms with Crippen LogP contribution in [0.25, 0.3) is 10.9 Å². The van der Waals surface area contributed by atoms with Gasteiger partial charge in [0.15, 0.2) is 0 Å². The monoisotopic (exact) mass is 518 g/mol. The van der Waals surface area contributed by atoms with Gasteiger partial charge < -0.3 is 10.1 Å². The molecule has 0 aliphatic carbocycles. The van der Waals surface area contributed by atoms with Gasteiger partial charge in [-0.05, 0) is 89.9 Å². The molecular formula is C29H34N4O3S. The molecule has 8 heteroatoms. The Morgan fingerprint density at radius 2 is 1.78 bits per heavy atom. The molecule has 194 valence electrons. The minimum absolute atomic E-state index is 0.110. The number of aryl methyl sites for hydroxylation is 1. The number of nitrogens with zero attached hydrogens (tertiary/aromatic N) is 3. The zero-order valence-electron chi connectivity index (χ0n) is 22.5. The first-order chi connectivity index (χ1) is 17.3. The van der Waals surface area contributed by atoms with Gasteiger partial charge in [0, 0.05) is 27.4 Å². The average molecular weight is 519 g/mol. The van der Waals surface area contributed by atoms with Crippen LogP contribution in [0.2, 0.25) is 0 Å². The molecule has 0 bridgehead atoms. The van der Waals surface area contributed by atoms with Gasteiger partial charge in [-0.1, -0.05) is 12.1 Å². The summed E-state index contributed by atoms with van der Waals surface area (Å²) in [4.78, 5) is 17.8. The smallest absolute Gasteiger partial charge is 0.228 e. The fourth-order valence-electron chi connectivity index (χ4n) is 3.86. The van der Waals surface area contributed by atoms with Crippen LogP contribution in [-0.4, -0.2) is 29.6 Å². The highest BCUT2D eigenvalue weighted by Crippen LogP contribution is 2.33. The average Bonchev–Trinajstić information content (AvgIpc) is 3.28. The molecule has 1 N–H and O–H groups in total. The Balaban J connectivity index is 1.50. The highest BCUT2D eigenvalue weighted by molar-refractivity contribution is 7.86. The molecule has 2 aromatic heterocycles. The number of benzene rings is 2. The zero-order chi connectivity index (χ0) is 27.0. The van der Waals surface area contributed by atoms with Gasteiger partial charge in [-0.15, -0.1) is 0 Å². The van der Waals surface area contributed by atoms with Gasteiger partial charge in [0.05, 0.1) is 40.2 Å². The van der Waals surface area contributed by atoms with Crippen LogP contribution in [0.5, 0.6) is 11.5 Å². The molecule has 0 aliphatic rings. The number of amides is 1. The second-order valence-electron chi connectivity index (χ2n) is 11.1. The summed E-state index contributed by atoms with van der Waals surface area (Å²) in [7, 11) is -1.17. The molecule has 1 atom stereocenters. The molecule has 0 spiro atoms. The first-order valence-electron chi connectivity index (χ1n) is 12.2. The van der Waals surface area contributed by atoms with Gasteiger partial charge in [0.25, 0.3) is 0 Å². The molecule has 4 rings (SSSR count). The molecule has 1 amide bonds. The van der Waals surface area contributed by atoms with Gasteiger partial charge in [-0.3, -0.25) is 18.7 Å². The number of rotatable bonds is 6. The summed E-state index contributed by atoms with van der Waals surface area (Å²) in [6.07, 6.45) is 5.43. The Morgan fingerprint density at radius 3 is 2.43 bits per heavy atom. The summed E-state index contributed by atoms with van der Waals surface area (Å²) in [5.74, 6) is 1.22. The van der Waals surface area contributed by atoms with Crippen molar-refractivity contribution < 1.29 is 13.7 Å². The van der Waals surface area contributed by atoms with Crippen LogP contribution < -0.4 is 10.1 Å². The van der Waals surface area contributed by atoms with Crippen LogP contribution in [-0.2, 0) is 27.6 Å². The molecule has 0 fully saturated rings. The van der Waals surface area contributed by atoms with Crippen molar-refractivity contribution in [2.45, 2.75) is 70.1 Å². The van der Waals surface area contributed by atoms with E-state index < -0.39 is 10.8 Å². The maximum absolute atomic E-state index is 12.9. The lowest BCUT2D eigenvalue weighted by Crippen LogP contribution is -2.22. The van der Waals surface area contributed by atoms with E-state index in [0.29, 0.717) is 17.2 Å². The number of aromatic nitrogens is 3. The van der Waals surface area contributed by atoms with E-state index in [1.807, 2.05) is 81.0 Å². The number of hydrogen-bond acceptors (Lipinski definition) is 5. The molecule has 2 aromatic carbocycles. The van der Waals surface area contributed by atoms with Crippen LogP contribution in [0.1, 0.15) is 52.7 Å². The number of hydrogen-bond donors (Lipinski definition) is 1. The largest absolute Gasteiger partial charge is 0.456 e. The van der Waals surface area contributed by atoms with Gasteiger partial charge in [0.2, 0.25) is 5.91 Å². The summed E-state index contributed by atoms with van der Waals surface area (Å²) in [6.45, 7) is 14.0. The number of ether oxygens (including phenoxy) is 1. The maximum atomic E-state index is 12.9. The molecular weight excluding hydrogens is 484 g/mol. The fraction of sp³-hybridized carbons (Fsp3) is 0.345. The van der Waals surface area contributed by atoms with E-state index in [0.717, 1.165) is 26.9 Å². The van der Waals surface area contributed by atoms with Crippen molar-refractivity contribution in [3.63, 3.8) is 0 Å². The van der Waals surface area contributed by atoms with Gasteiger partial charge in [-0.2, -0.15) is 5.10 Å². The van der Waals surface area contributed by atoms with Crippen LogP contribution >= 0.6 is 0 Å². The van der Waals surface area contributed by atoms with Crippen molar-refractivity contribution in [2.24, 2.45) is 0 Å². The molecule has 0 saturated heterocycles. The third-order valence-corrected chi connectivity index (χ3v) is 7.62. The normalized spacial score (nSPS) is 12.9. The predicted molar refractivity (Wildman–Crippen MR) is 149 cm³/mol. The van der Waals surface area contributed by atoms with Crippen LogP contribution in [0, 0.1) is 6.92 Å². The summed E-state index contributed by atoms with van der Waals surface area (Å²) < 4.78 is 20.7. The highest BCUT2D eigenvalue weighted by atomic mass is 32.2. The first-order valence-corrected chi connectivity index (χ1v) is 13.4. The molecule has 7 nitrogen and oxygen atoms in total. The lowest BCUT2D eigenvalue weighted by molar-refractivity contribution is -0.115. The topological polar surface area (TPSA) is 86.1 Å². The number of carbonyl (C=O) groups is 1.